The molecule has 1 unspecified atom stereocenters. The van der Waals surface area contributed by atoms with Gasteiger partial charge in [-0.1, -0.05) is 23.9 Å². The first-order valence-corrected chi connectivity index (χ1v) is 8.72. The number of nitrogens with one attached hydrogen (secondary N) is 2. The Kier molecular flexibility index (Phi) is 4.13. The van der Waals surface area contributed by atoms with Gasteiger partial charge in [0.2, 0.25) is 5.88 Å². The Morgan fingerprint density at radius 3 is 2.88 bits per heavy atom. The van der Waals surface area contributed by atoms with Crippen LogP contribution in [-0.4, -0.2) is 31.3 Å². The minimum absolute atomic E-state index is 0.0712. The van der Waals surface area contributed by atoms with Crippen molar-refractivity contribution in [1.82, 2.24) is 15.4 Å². The number of hydrazone groups is 1. The van der Waals surface area contributed by atoms with Crippen molar-refractivity contribution < 1.29 is 9.90 Å². The molecule has 3 N–H and O–H groups in total. The lowest BCUT2D eigenvalue weighted by molar-refractivity contribution is 0.261. The number of nitrogens with zero attached hydrogens (tertiary/aromatic N) is 4. The summed E-state index contributed by atoms with van der Waals surface area (Å²) in [6.07, 6.45) is 1.62. The van der Waals surface area contributed by atoms with Crippen molar-refractivity contribution in [2.45, 2.75) is 12.2 Å². The largest absolute Gasteiger partial charge is 0.493 e. The molecule has 0 spiro atoms. The van der Waals surface area contributed by atoms with Crippen LogP contribution >= 0.6 is 11.8 Å². The van der Waals surface area contributed by atoms with E-state index in [1.807, 2.05) is 31.2 Å². The van der Waals surface area contributed by atoms with Gasteiger partial charge in [0.25, 0.3) is 5.24 Å². The molecule has 3 aromatic rings. The molecule has 2 aromatic heterocycles. The van der Waals surface area contributed by atoms with Crippen LogP contribution in [-0.2, 0) is 0 Å². The number of benzene rings is 1. The third kappa shape index (κ3) is 3.04. The van der Waals surface area contributed by atoms with E-state index in [2.05, 4.69) is 30.7 Å². The second-order valence-corrected chi connectivity index (χ2v) is 6.94. The molecular formula is C17H14N6O2S. The Labute approximate surface area is 152 Å². The summed E-state index contributed by atoms with van der Waals surface area (Å²) in [4.78, 5) is 18.4. The normalized spacial score (nSPS) is 17.5. The van der Waals surface area contributed by atoms with E-state index in [0.717, 1.165) is 16.8 Å². The van der Waals surface area contributed by atoms with E-state index in [1.54, 1.807) is 18.3 Å². The van der Waals surface area contributed by atoms with Gasteiger partial charge in [0.15, 0.2) is 11.5 Å². The van der Waals surface area contributed by atoms with E-state index in [1.165, 1.54) is 11.8 Å². The molecule has 26 heavy (non-hydrogen) atoms. The third-order valence-corrected chi connectivity index (χ3v) is 4.77. The molecule has 1 amide bonds. The van der Waals surface area contributed by atoms with Crippen molar-refractivity contribution in [3.05, 3.63) is 48.2 Å². The van der Waals surface area contributed by atoms with Crippen molar-refractivity contribution in [3.63, 3.8) is 0 Å². The van der Waals surface area contributed by atoms with Gasteiger partial charge < -0.3 is 10.1 Å². The average molecular weight is 366 g/mol. The third-order valence-electron chi connectivity index (χ3n) is 3.89. The highest BCUT2D eigenvalue weighted by Crippen LogP contribution is 2.37. The molecule has 130 valence electrons. The van der Waals surface area contributed by atoms with Crippen molar-refractivity contribution in [2.24, 2.45) is 15.3 Å². The number of hydrogen-bond acceptors (Lipinski definition) is 7. The number of aromatic nitrogens is 2. The highest BCUT2D eigenvalue weighted by Gasteiger charge is 2.23. The van der Waals surface area contributed by atoms with E-state index < -0.39 is 0 Å². The maximum atomic E-state index is 11.4. The highest BCUT2D eigenvalue weighted by molar-refractivity contribution is 8.14. The second kappa shape index (κ2) is 6.60. The molecule has 9 heteroatoms. The van der Waals surface area contributed by atoms with Crippen LogP contribution in [0.1, 0.15) is 12.5 Å². The van der Waals surface area contributed by atoms with Crippen LogP contribution in [0.3, 0.4) is 0 Å². The first-order valence-electron chi connectivity index (χ1n) is 7.84. The summed E-state index contributed by atoms with van der Waals surface area (Å²) in [6, 6.07) is 10.9. The van der Waals surface area contributed by atoms with Gasteiger partial charge in [0.1, 0.15) is 0 Å². The Balaban J connectivity index is 1.76. The molecule has 1 atom stereocenters. The number of carbonyl (C=O) groups excluding carboxylic acids is 1. The monoisotopic (exact) mass is 366 g/mol. The highest BCUT2D eigenvalue weighted by atomic mass is 32.2. The molecule has 0 radical (unpaired) electrons. The summed E-state index contributed by atoms with van der Waals surface area (Å²) in [7, 11) is 0. The number of fused-ring (bicyclic) bond motifs is 1. The lowest BCUT2D eigenvalue weighted by atomic mass is 10.1. The van der Waals surface area contributed by atoms with Gasteiger partial charge in [0.05, 0.1) is 16.5 Å². The molecule has 4 rings (SSSR count). The summed E-state index contributed by atoms with van der Waals surface area (Å²) >= 11 is 1.18. The predicted octanol–water partition coefficient (Wildman–Crippen LogP) is 4.23. The summed E-state index contributed by atoms with van der Waals surface area (Å²) < 4.78 is 0. The quantitative estimate of drug-likeness (QED) is 0.601. The van der Waals surface area contributed by atoms with Crippen LogP contribution in [0.2, 0.25) is 0 Å². The number of azo groups is 1. The number of pyridine rings is 1. The Morgan fingerprint density at radius 1 is 1.23 bits per heavy atom. The molecule has 0 saturated heterocycles. The standard InChI is InChI=1S/C17H14N6O2S/c1-9-14(21-23-17(25)26-9)10-5-6-12-11(8-10)15(16(24)19-12)22-20-13-4-2-3-7-18-13/h2-9,19,24H,1H3,(H,23,25). The number of hydrogen-bond donors (Lipinski definition) is 3. The zero-order chi connectivity index (χ0) is 18.1. The summed E-state index contributed by atoms with van der Waals surface area (Å²) in [5.74, 6) is 0.375. The Morgan fingerprint density at radius 2 is 2.12 bits per heavy atom. The van der Waals surface area contributed by atoms with Crippen LogP contribution in [0.4, 0.5) is 16.3 Å². The summed E-state index contributed by atoms with van der Waals surface area (Å²) in [5.41, 5.74) is 5.12. The van der Waals surface area contributed by atoms with E-state index in [-0.39, 0.29) is 16.4 Å². The lowest BCUT2D eigenvalue weighted by Crippen LogP contribution is -2.29. The molecular weight excluding hydrogens is 352 g/mol. The van der Waals surface area contributed by atoms with E-state index in [0.29, 0.717) is 16.9 Å². The van der Waals surface area contributed by atoms with Crippen molar-refractivity contribution >= 4 is 45.1 Å². The van der Waals surface area contributed by atoms with Gasteiger partial charge in [-0.25, -0.2) is 10.4 Å². The van der Waals surface area contributed by atoms with Gasteiger partial charge in [-0.3, -0.25) is 4.79 Å². The van der Waals surface area contributed by atoms with Crippen molar-refractivity contribution in [3.8, 4) is 5.88 Å². The van der Waals surface area contributed by atoms with Crippen LogP contribution < -0.4 is 5.43 Å². The predicted molar refractivity (Wildman–Crippen MR) is 100 cm³/mol. The second-order valence-electron chi connectivity index (χ2n) is 5.63. The maximum Gasteiger partial charge on any atom is 0.299 e. The van der Waals surface area contributed by atoms with Crippen LogP contribution in [0.15, 0.2) is 57.9 Å². The maximum absolute atomic E-state index is 11.4. The van der Waals surface area contributed by atoms with Crippen LogP contribution in [0.5, 0.6) is 5.88 Å². The number of aromatic hydroxyl groups is 1. The van der Waals surface area contributed by atoms with Gasteiger partial charge in [-0.05, 0) is 36.8 Å². The molecule has 3 heterocycles. The summed E-state index contributed by atoms with van der Waals surface area (Å²) in [6.45, 7) is 1.92. The van der Waals surface area contributed by atoms with Gasteiger partial charge in [-0.15, -0.1) is 10.2 Å². The molecule has 1 aliphatic heterocycles. The number of rotatable bonds is 3. The Hall–Kier alpha value is -3.20. The van der Waals surface area contributed by atoms with Gasteiger partial charge in [0, 0.05) is 11.6 Å². The summed E-state index contributed by atoms with van der Waals surface area (Å²) in [5, 5.41) is 23.0. The molecule has 0 fully saturated rings. The number of thioether (sulfide) groups is 1. The van der Waals surface area contributed by atoms with E-state index in [4.69, 9.17) is 0 Å². The minimum atomic E-state index is -0.175. The fourth-order valence-corrected chi connectivity index (χ4v) is 3.40. The van der Waals surface area contributed by atoms with E-state index in [9.17, 15) is 9.90 Å². The first kappa shape index (κ1) is 16.3. The minimum Gasteiger partial charge on any atom is -0.493 e. The number of amides is 1. The average Bonchev–Trinajstić information content (AvgIpc) is 2.95. The zero-order valence-corrected chi connectivity index (χ0v) is 14.5. The molecule has 0 saturated carbocycles. The molecule has 0 bridgehead atoms. The molecule has 8 nitrogen and oxygen atoms in total. The SMILES string of the molecule is CC1SC(=O)NN=C1c1ccc2[nH]c(O)c(N=Nc3ccccn3)c2c1. The van der Waals surface area contributed by atoms with Gasteiger partial charge in [-0.2, -0.15) is 5.10 Å². The van der Waals surface area contributed by atoms with E-state index >= 15 is 0 Å². The molecule has 1 aliphatic rings. The first-order chi connectivity index (χ1) is 12.6. The molecule has 0 aliphatic carbocycles. The van der Waals surface area contributed by atoms with Crippen LogP contribution in [0.25, 0.3) is 10.9 Å². The van der Waals surface area contributed by atoms with Crippen molar-refractivity contribution in [2.75, 3.05) is 0 Å². The number of H-pyrrole nitrogens is 1. The Bertz CT molecular complexity index is 1040. The topological polar surface area (TPSA) is 115 Å². The smallest absolute Gasteiger partial charge is 0.299 e. The van der Waals surface area contributed by atoms with Gasteiger partial charge >= 0.3 is 0 Å². The van der Waals surface area contributed by atoms with Crippen LogP contribution in [0, 0.1) is 0 Å². The van der Waals surface area contributed by atoms with Crippen molar-refractivity contribution in [1.29, 1.82) is 0 Å². The fourth-order valence-electron chi connectivity index (χ4n) is 2.68. The number of carbonyl (C=O) groups is 1. The fraction of sp³-hybridized carbons (Fsp3) is 0.118. The molecule has 1 aromatic carbocycles. The number of aromatic amines is 1. The lowest BCUT2D eigenvalue weighted by Gasteiger charge is -2.18. The zero-order valence-electron chi connectivity index (χ0n) is 13.7.